The zero-order valence-electron chi connectivity index (χ0n) is 11.0. The lowest BCUT2D eigenvalue weighted by atomic mass is 9.93. The number of amidine groups is 1. The summed E-state index contributed by atoms with van der Waals surface area (Å²) in [5.41, 5.74) is 3.61. The van der Waals surface area contributed by atoms with Gasteiger partial charge in [0.15, 0.2) is 0 Å². The number of hydrogen-bond donors (Lipinski definition) is 0. The molecule has 1 aromatic carbocycles. The fourth-order valence-electron chi connectivity index (χ4n) is 3.46. The van der Waals surface area contributed by atoms with Gasteiger partial charge >= 0.3 is 0 Å². The summed E-state index contributed by atoms with van der Waals surface area (Å²) in [7, 11) is 0. The summed E-state index contributed by atoms with van der Waals surface area (Å²) in [4.78, 5) is 18.8. The number of aromatic nitrogens is 2. The summed E-state index contributed by atoms with van der Waals surface area (Å²) in [5, 5.41) is 0. The third-order valence-electron chi connectivity index (χ3n) is 4.45. The number of carbonyl (C=O) groups is 1. The van der Waals surface area contributed by atoms with Crippen LogP contribution in [0.3, 0.4) is 0 Å². The summed E-state index contributed by atoms with van der Waals surface area (Å²) in [6.45, 7) is 0. The molecule has 5 rings (SSSR count). The Balaban J connectivity index is 1.65. The standard InChI is InChI=1S/C15H10N4OS/c20-14-15(19-4-2-1-3-13(19)16-14)7-9-5-11-12(18-21-17-11)6-10(9)8-15/h1-6H,7-8H2. The maximum Gasteiger partial charge on any atom is 0.274 e. The van der Waals surface area contributed by atoms with E-state index in [1.807, 2.05) is 29.3 Å². The Bertz CT molecular complexity index is 852. The normalized spacial score (nSPS) is 21.2. The van der Waals surface area contributed by atoms with Gasteiger partial charge in [-0.15, -0.1) is 0 Å². The molecular formula is C15H10N4OS. The number of aliphatic imine (C=N–C) groups is 1. The van der Waals surface area contributed by atoms with E-state index in [-0.39, 0.29) is 5.91 Å². The highest BCUT2D eigenvalue weighted by atomic mass is 32.1. The van der Waals surface area contributed by atoms with Gasteiger partial charge in [-0.2, -0.15) is 13.7 Å². The summed E-state index contributed by atoms with van der Waals surface area (Å²) >= 11 is 1.23. The lowest BCUT2D eigenvalue weighted by Gasteiger charge is -2.32. The predicted octanol–water partition coefficient (Wildman–Crippen LogP) is 1.85. The molecule has 0 bridgehead atoms. The van der Waals surface area contributed by atoms with Crippen LogP contribution in [0.25, 0.3) is 11.0 Å². The van der Waals surface area contributed by atoms with Crippen LogP contribution in [0.4, 0.5) is 0 Å². The third kappa shape index (κ3) is 1.35. The topological polar surface area (TPSA) is 58.5 Å². The van der Waals surface area contributed by atoms with Crippen molar-refractivity contribution in [2.45, 2.75) is 18.4 Å². The second-order valence-corrected chi connectivity index (χ2v) is 6.13. The Morgan fingerprint density at radius 2 is 1.81 bits per heavy atom. The molecule has 0 radical (unpaired) electrons. The van der Waals surface area contributed by atoms with Gasteiger partial charge in [0.05, 0.1) is 11.7 Å². The van der Waals surface area contributed by atoms with Gasteiger partial charge in [-0.25, -0.2) is 0 Å². The molecule has 2 aliphatic heterocycles. The molecule has 1 amide bonds. The highest BCUT2D eigenvalue weighted by Gasteiger charge is 2.52. The minimum absolute atomic E-state index is 0.0479. The van der Waals surface area contributed by atoms with Crippen molar-refractivity contribution in [1.29, 1.82) is 0 Å². The van der Waals surface area contributed by atoms with Crippen molar-refractivity contribution in [3.8, 4) is 0 Å². The lowest BCUT2D eigenvalue weighted by Crippen LogP contribution is -2.49. The quantitative estimate of drug-likeness (QED) is 0.744. The predicted molar refractivity (Wildman–Crippen MR) is 80.1 cm³/mol. The number of nitrogens with zero attached hydrogens (tertiary/aromatic N) is 4. The molecule has 21 heavy (non-hydrogen) atoms. The van der Waals surface area contributed by atoms with E-state index in [1.165, 1.54) is 22.9 Å². The molecule has 3 heterocycles. The molecule has 0 saturated carbocycles. The van der Waals surface area contributed by atoms with Crippen molar-refractivity contribution in [3.05, 3.63) is 47.7 Å². The molecule has 0 N–H and O–H groups in total. The minimum atomic E-state index is -0.582. The number of benzene rings is 1. The van der Waals surface area contributed by atoms with Crippen LogP contribution in [0.15, 0.2) is 41.6 Å². The van der Waals surface area contributed by atoms with Crippen LogP contribution in [0.5, 0.6) is 0 Å². The first-order chi connectivity index (χ1) is 10.3. The smallest absolute Gasteiger partial charge is 0.274 e. The maximum absolute atomic E-state index is 12.5. The van der Waals surface area contributed by atoms with E-state index in [9.17, 15) is 4.79 Å². The zero-order chi connectivity index (χ0) is 14.0. The Morgan fingerprint density at radius 1 is 1.10 bits per heavy atom. The van der Waals surface area contributed by atoms with E-state index < -0.39 is 5.54 Å². The van der Waals surface area contributed by atoms with Crippen molar-refractivity contribution in [2.24, 2.45) is 4.99 Å². The van der Waals surface area contributed by atoms with Crippen LogP contribution in [0, 0.1) is 0 Å². The Morgan fingerprint density at radius 3 is 2.52 bits per heavy atom. The number of amides is 1. The number of carbonyl (C=O) groups excluding carboxylic acids is 1. The molecular weight excluding hydrogens is 284 g/mol. The highest BCUT2D eigenvalue weighted by molar-refractivity contribution is 7.00. The summed E-state index contributed by atoms with van der Waals surface area (Å²) in [6, 6.07) is 4.13. The Kier molecular flexibility index (Phi) is 1.97. The SMILES string of the molecule is O=C1N=C2C=CC=CN2C12Cc1cc3nsnc3cc1C2. The van der Waals surface area contributed by atoms with E-state index >= 15 is 0 Å². The van der Waals surface area contributed by atoms with Crippen LogP contribution in [-0.4, -0.2) is 30.9 Å². The van der Waals surface area contributed by atoms with Crippen molar-refractivity contribution < 1.29 is 4.79 Å². The molecule has 3 aliphatic rings. The fourth-order valence-corrected chi connectivity index (χ4v) is 3.97. The van der Waals surface area contributed by atoms with Gasteiger partial charge in [-0.3, -0.25) is 4.79 Å². The first-order valence-corrected chi connectivity index (χ1v) is 7.51. The van der Waals surface area contributed by atoms with Gasteiger partial charge in [0.25, 0.3) is 5.91 Å². The van der Waals surface area contributed by atoms with Crippen molar-refractivity contribution in [3.63, 3.8) is 0 Å². The second kappa shape index (κ2) is 3.65. The Labute approximate surface area is 124 Å². The molecule has 0 atom stereocenters. The van der Waals surface area contributed by atoms with E-state index in [1.54, 1.807) is 0 Å². The van der Waals surface area contributed by atoms with E-state index in [4.69, 9.17) is 0 Å². The molecule has 102 valence electrons. The first kappa shape index (κ1) is 11.3. The van der Waals surface area contributed by atoms with Crippen LogP contribution in [0.1, 0.15) is 11.1 Å². The number of allylic oxidation sites excluding steroid dienone is 2. The van der Waals surface area contributed by atoms with Crippen LogP contribution in [0.2, 0.25) is 0 Å². The molecule has 6 heteroatoms. The monoisotopic (exact) mass is 294 g/mol. The van der Waals surface area contributed by atoms with Crippen molar-refractivity contribution >= 4 is 34.5 Å². The van der Waals surface area contributed by atoms with E-state index in [2.05, 4.69) is 25.9 Å². The van der Waals surface area contributed by atoms with Gasteiger partial charge < -0.3 is 4.90 Å². The van der Waals surface area contributed by atoms with Crippen LogP contribution in [-0.2, 0) is 17.6 Å². The van der Waals surface area contributed by atoms with Gasteiger partial charge in [0.2, 0.25) is 0 Å². The van der Waals surface area contributed by atoms with Crippen molar-refractivity contribution in [2.75, 3.05) is 0 Å². The fraction of sp³-hybridized carbons (Fsp3) is 0.200. The summed E-state index contributed by atoms with van der Waals surface area (Å²) in [5.74, 6) is 0.695. The average Bonchev–Trinajstić information content (AvgIpc) is 3.14. The first-order valence-electron chi connectivity index (χ1n) is 6.78. The van der Waals surface area contributed by atoms with E-state index in [0.717, 1.165) is 16.9 Å². The lowest BCUT2D eigenvalue weighted by molar-refractivity contribution is -0.124. The average molecular weight is 294 g/mol. The highest BCUT2D eigenvalue weighted by Crippen LogP contribution is 2.41. The number of hydrogen-bond acceptors (Lipinski definition) is 5. The molecule has 0 unspecified atom stereocenters. The van der Waals surface area contributed by atoms with E-state index in [0.29, 0.717) is 12.8 Å². The summed E-state index contributed by atoms with van der Waals surface area (Å²) in [6.07, 6.45) is 9.06. The molecule has 1 aromatic heterocycles. The van der Waals surface area contributed by atoms with Gasteiger partial charge in [-0.05, 0) is 35.4 Å². The summed E-state index contributed by atoms with van der Waals surface area (Å²) < 4.78 is 8.58. The molecule has 5 nitrogen and oxygen atoms in total. The van der Waals surface area contributed by atoms with Crippen LogP contribution < -0.4 is 0 Å². The van der Waals surface area contributed by atoms with Gasteiger partial charge in [0.1, 0.15) is 22.4 Å². The van der Waals surface area contributed by atoms with Gasteiger partial charge in [0, 0.05) is 19.0 Å². The third-order valence-corrected chi connectivity index (χ3v) is 5.01. The maximum atomic E-state index is 12.5. The Hall–Kier alpha value is -2.34. The number of rotatable bonds is 0. The van der Waals surface area contributed by atoms with Gasteiger partial charge in [-0.1, -0.05) is 6.08 Å². The van der Waals surface area contributed by atoms with Crippen molar-refractivity contribution in [1.82, 2.24) is 13.6 Å². The molecule has 1 aliphatic carbocycles. The van der Waals surface area contributed by atoms with Crippen LogP contribution >= 0.6 is 11.7 Å². The molecule has 0 fully saturated rings. The number of fused-ring (bicyclic) bond motifs is 4. The largest absolute Gasteiger partial charge is 0.317 e. The second-order valence-electron chi connectivity index (χ2n) is 5.60. The minimum Gasteiger partial charge on any atom is -0.317 e. The molecule has 1 spiro atoms. The molecule has 0 saturated heterocycles. The zero-order valence-corrected chi connectivity index (χ0v) is 11.8. The molecule has 2 aromatic rings.